The van der Waals surface area contributed by atoms with Gasteiger partial charge >= 0.3 is 0 Å². The Morgan fingerprint density at radius 2 is 2.00 bits per heavy atom. The van der Waals surface area contributed by atoms with Crippen molar-refractivity contribution in [3.63, 3.8) is 0 Å². The standard InChI is InChI=1S/C15H14N2O/c1-10-12(6-4-8-17-10)15(16)14-9-11-5-2-3-7-13(11)18-14/h2-9,15H,16H2,1H3. The molecule has 0 spiro atoms. The molecule has 2 aromatic heterocycles. The Balaban J connectivity index is 2.07. The predicted octanol–water partition coefficient (Wildman–Crippen LogP) is 3.18. The highest BCUT2D eigenvalue weighted by atomic mass is 16.3. The highest BCUT2D eigenvalue weighted by Crippen LogP contribution is 2.27. The van der Waals surface area contributed by atoms with E-state index in [1.54, 1.807) is 6.20 Å². The van der Waals surface area contributed by atoms with Gasteiger partial charge in [-0.05, 0) is 30.7 Å². The first-order valence-electron chi connectivity index (χ1n) is 5.91. The molecule has 0 bridgehead atoms. The molecule has 3 rings (SSSR count). The lowest BCUT2D eigenvalue weighted by Crippen LogP contribution is -2.12. The van der Waals surface area contributed by atoms with E-state index in [0.717, 1.165) is 28.0 Å². The second kappa shape index (κ2) is 4.27. The van der Waals surface area contributed by atoms with Gasteiger partial charge in [0.15, 0.2) is 0 Å². The smallest absolute Gasteiger partial charge is 0.134 e. The first-order chi connectivity index (χ1) is 8.75. The van der Waals surface area contributed by atoms with Crippen LogP contribution in [0.3, 0.4) is 0 Å². The average molecular weight is 238 g/mol. The molecule has 2 heterocycles. The van der Waals surface area contributed by atoms with Crippen molar-refractivity contribution < 1.29 is 4.42 Å². The molecule has 90 valence electrons. The van der Waals surface area contributed by atoms with Gasteiger partial charge in [0.2, 0.25) is 0 Å². The van der Waals surface area contributed by atoms with E-state index >= 15 is 0 Å². The van der Waals surface area contributed by atoms with Gasteiger partial charge in [-0.2, -0.15) is 0 Å². The highest BCUT2D eigenvalue weighted by molar-refractivity contribution is 5.77. The molecule has 1 unspecified atom stereocenters. The molecule has 3 nitrogen and oxygen atoms in total. The zero-order valence-corrected chi connectivity index (χ0v) is 10.1. The van der Waals surface area contributed by atoms with Crippen molar-refractivity contribution in [2.45, 2.75) is 13.0 Å². The van der Waals surface area contributed by atoms with Crippen molar-refractivity contribution in [1.29, 1.82) is 0 Å². The quantitative estimate of drug-likeness (QED) is 0.746. The van der Waals surface area contributed by atoms with Crippen LogP contribution in [0.2, 0.25) is 0 Å². The zero-order chi connectivity index (χ0) is 12.5. The molecule has 0 radical (unpaired) electrons. The van der Waals surface area contributed by atoms with Crippen LogP contribution in [0.4, 0.5) is 0 Å². The van der Waals surface area contributed by atoms with E-state index in [1.165, 1.54) is 0 Å². The highest BCUT2D eigenvalue weighted by Gasteiger charge is 2.16. The summed E-state index contributed by atoms with van der Waals surface area (Å²) in [5, 5.41) is 1.07. The van der Waals surface area contributed by atoms with Crippen LogP contribution in [0.15, 0.2) is 53.1 Å². The number of fused-ring (bicyclic) bond motifs is 1. The predicted molar refractivity (Wildman–Crippen MR) is 71.2 cm³/mol. The Morgan fingerprint density at radius 3 is 2.78 bits per heavy atom. The van der Waals surface area contributed by atoms with Gasteiger partial charge < -0.3 is 10.2 Å². The summed E-state index contributed by atoms with van der Waals surface area (Å²) in [6.07, 6.45) is 1.77. The van der Waals surface area contributed by atoms with Crippen LogP contribution in [0, 0.1) is 6.92 Å². The van der Waals surface area contributed by atoms with E-state index in [9.17, 15) is 0 Å². The summed E-state index contributed by atoms with van der Waals surface area (Å²) in [4.78, 5) is 4.26. The molecule has 0 amide bonds. The van der Waals surface area contributed by atoms with Gasteiger partial charge in [-0.15, -0.1) is 0 Å². The summed E-state index contributed by atoms with van der Waals surface area (Å²) in [5.41, 5.74) is 9.04. The van der Waals surface area contributed by atoms with Gasteiger partial charge in [0.05, 0.1) is 6.04 Å². The monoisotopic (exact) mass is 238 g/mol. The third-order valence-electron chi connectivity index (χ3n) is 3.13. The Labute approximate surface area is 105 Å². The number of rotatable bonds is 2. The second-order valence-corrected chi connectivity index (χ2v) is 4.34. The van der Waals surface area contributed by atoms with E-state index in [2.05, 4.69) is 4.98 Å². The Kier molecular flexibility index (Phi) is 2.61. The van der Waals surface area contributed by atoms with Crippen LogP contribution in [0.5, 0.6) is 0 Å². The third-order valence-corrected chi connectivity index (χ3v) is 3.13. The maximum absolute atomic E-state index is 6.25. The maximum Gasteiger partial charge on any atom is 0.134 e. The molecule has 18 heavy (non-hydrogen) atoms. The number of hydrogen-bond acceptors (Lipinski definition) is 3. The summed E-state index contributed by atoms with van der Waals surface area (Å²) < 4.78 is 5.79. The molecule has 0 saturated carbocycles. The number of benzene rings is 1. The molecule has 3 heteroatoms. The summed E-state index contributed by atoms with van der Waals surface area (Å²) in [7, 11) is 0. The van der Waals surface area contributed by atoms with Gasteiger partial charge in [-0.1, -0.05) is 24.3 Å². The lowest BCUT2D eigenvalue weighted by Gasteiger charge is -2.10. The fourth-order valence-corrected chi connectivity index (χ4v) is 2.13. The minimum atomic E-state index is -0.272. The molecule has 2 N–H and O–H groups in total. The Hall–Kier alpha value is -2.13. The van der Waals surface area contributed by atoms with Gasteiger partial charge in [0.1, 0.15) is 11.3 Å². The fourth-order valence-electron chi connectivity index (χ4n) is 2.13. The molecule has 0 fully saturated rings. The number of pyridine rings is 1. The molecule has 0 aliphatic rings. The van der Waals surface area contributed by atoms with Crippen molar-refractivity contribution in [1.82, 2.24) is 4.98 Å². The Morgan fingerprint density at radius 1 is 1.17 bits per heavy atom. The minimum Gasteiger partial charge on any atom is -0.459 e. The van der Waals surface area contributed by atoms with E-state index in [-0.39, 0.29) is 6.04 Å². The van der Waals surface area contributed by atoms with Gasteiger partial charge in [0.25, 0.3) is 0 Å². The van der Waals surface area contributed by atoms with E-state index in [4.69, 9.17) is 10.2 Å². The van der Waals surface area contributed by atoms with Crippen LogP contribution >= 0.6 is 0 Å². The number of furan rings is 1. The first kappa shape index (κ1) is 11.0. The van der Waals surface area contributed by atoms with Crippen molar-refractivity contribution in [3.05, 3.63) is 65.7 Å². The largest absolute Gasteiger partial charge is 0.459 e. The number of nitrogens with zero attached hydrogens (tertiary/aromatic N) is 1. The lowest BCUT2D eigenvalue weighted by molar-refractivity contribution is 0.523. The first-order valence-corrected chi connectivity index (χ1v) is 5.91. The minimum absolute atomic E-state index is 0.272. The average Bonchev–Trinajstić information content (AvgIpc) is 2.82. The van der Waals surface area contributed by atoms with Crippen molar-refractivity contribution in [3.8, 4) is 0 Å². The molecule has 0 aliphatic carbocycles. The topological polar surface area (TPSA) is 52.0 Å². The SMILES string of the molecule is Cc1ncccc1C(N)c1cc2ccccc2o1. The number of aromatic nitrogens is 1. The third kappa shape index (κ3) is 1.79. The zero-order valence-electron chi connectivity index (χ0n) is 10.1. The van der Waals surface area contributed by atoms with E-state index in [0.29, 0.717) is 0 Å². The van der Waals surface area contributed by atoms with Crippen LogP contribution in [0.1, 0.15) is 23.1 Å². The molecule has 3 aromatic rings. The van der Waals surface area contributed by atoms with Crippen molar-refractivity contribution in [2.24, 2.45) is 5.73 Å². The van der Waals surface area contributed by atoms with Gasteiger partial charge in [-0.3, -0.25) is 4.98 Å². The second-order valence-electron chi connectivity index (χ2n) is 4.34. The summed E-state index contributed by atoms with van der Waals surface area (Å²) in [5.74, 6) is 0.771. The lowest BCUT2D eigenvalue weighted by atomic mass is 10.0. The molecular formula is C15H14N2O. The number of para-hydroxylation sites is 1. The number of hydrogen-bond donors (Lipinski definition) is 1. The van der Waals surface area contributed by atoms with Crippen molar-refractivity contribution >= 4 is 11.0 Å². The molecule has 1 atom stereocenters. The van der Waals surface area contributed by atoms with E-state index < -0.39 is 0 Å². The maximum atomic E-state index is 6.25. The molecule has 0 saturated heterocycles. The summed E-state index contributed by atoms with van der Waals surface area (Å²) in [6, 6.07) is 13.5. The van der Waals surface area contributed by atoms with Crippen LogP contribution in [-0.2, 0) is 0 Å². The molecule has 0 aliphatic heterocycles. The van der Waals surface area contributed by atoms with Gasteiger partial charge in [0, 0.05) is 17.3 Å². The number of nitrogens with two attached hydrogens (primary N) is 1. The van der Waals surface area contributed by atoms with Crippen LogP contribution in [-0.4, -0.2) is 4.98 Å². The van der Waals surface area contributed by atoms with Crippen molar-refractivity contribution in [2.75, 3.05) is 0 Å². The molecular weight excluding hydrogens is 224 g/mol. The summed E-state index contributed by atoms with van der Waals surface area (Å²) in [6.45, 7) is 1.96. The van der Waals surface area contributed by atoms with Crippen LogP contribution < -0.4 is 5.73 Å². The summed E-state index contributed by atoms with van der Waals surface area (Å²) >= 11 is 0. The molecule has 1 aromatic carbocycles. The number of aryl methyl sites for hydroxylation is 1. The van der Waals surface area contributed by atoms with E-state index in [1.807, 2.05) is 49.4 Å². The van der Waals surface area contributed by atoms with Gasteiger partial charge in [-0.25, -0.2) is 0 Å². The fraction of sp³-hybridized carbons (Fsp3) is 0.133. The van der Waals surface area contributed by atoms with Crippen LogP contribution in [0.25, 0.3) is 11.0 Å². The normalized spacial score (nSPS) is 12.8. The Bertz CT molecular complexity index is 655.